The Morgan fingerprint density at radius 2 is 1.69 bits per heavy atom. The van der Waals surface area contributed by atoms with Crippen LogP contribution in [0.2, 0.25) is 10.0 Å². The smallest absolute Gasteiger partial charge is 0.242 e. The molecule has 0 aliphatic heterocycles. The number of carbonyl (C=O) groups is 2. The number of carbonyl (C=O) groups excluding carboxylic acids is 2. The summed E-state index contributed by atoms with van der Waals surface area (Å²) in [6.45, 7) is 5.82. The second-order valence-electron chi connectivity index (χ2n) is 7.07. The van der Waals surface area contributed by atoms with Crippen molar-refractivity contribution in [1.82, 2.24) is 10.2 Å². The molecule has 0 saturated carbocycles. The molecule has 1 N–H and O–H groups in total. The van der Waals surface area contributed by atoms with Gasteiger partial charge in [-0.2, -0.15) is 0 Å². The Morgan fingerprint density at radius 1 is 1.03 bits per heavy atom. The van der Waals surface area contributed by atoms with E-state index in [0.29, 0.717) is 15.8 Å². The van der Waals surface area contributed by atoms with Crippen LogP contribution in [0.5, 0.6) is 0 Å². The van der Waals surface area contributed by atoms with Crippen molar-refractivity contribution in [2.45, 2.75) is 45.2 Å². The highest BCUT2D eigenvalue weighted by molar-refractivity contribution is 7.99. The first kappa shape index (κ1) is 23.6. The summed E-state index contributed by atoms with van der Waals surface area (Å²) in [5, 5.41) is 4.15. The molecule has 0 saturated heterocycles. The molecule has 1 atom stereocenters. The van der Waals surface area contributed by atoms with Gasteiger partial charge in [0.1, 0.15) is 6.04 Å². The molecule has 0 spiro atoms. The Labute approximate surface area is 187 Å². The zero-order chi connectivity index (χ0) is 21.4. The first-order valence-corrected chi connectivity index (χ1v) is 11.3. The lowest BCUT2D eigenvalue weighted by Gasteiger charge is -2.29. The van der Waals surface area contributed by atoms with E-state index >= 15 is 0 Å². The van der Waals surface area contributed by atoms with Crippen LogP contribution in [0.4, 0.5) is 0 Å². The molecule has 29 heavy (non-hydrogen) atoms. The van der Waals surface area contributed by atoms with Gasteiger partial charge in [0.2, 0.25) is 11.8 Å². The quantitative estimate of drug-likeness (QED) is 0.570. The van der Waals surface area contributed by atoms with E-state index in [1.165, 1.54) is 11.8 Å². The van der Waals surface area contributed by atoms with Gasteiger partial charge in [-0.25, -0.2) is 0 Å². The lowest BCUT2D eigenvalue weighted by atomic mass is 10.1. The van der Waals surface area contributed by atoms with E-state index in [1.54, 1.807) is 17.9 Å². The van der Waals surface area contributed by atoms with Crippen molar-refractivity contribution in [3.05, 3.63) is 69.7 Å². The minimum Gasteiger partial charge on any atom is -0.352 e. The summed E-state index contributed by atoms with van der Waals surface area (Å²) in [6.07, 6.45) is 0. The normalized spacial score (nSPS) is 11.9. The number of amides is 2. The molecule has 0 aliphatic carbocycles. The van der Waals surface area contributed by atoms with E-state index < -0.39 is 6.04 Å². The first-order valence-electron chi connectivity index (χ1n) is 9.43. The lowest BCUT2D eigenvalue weighted by Crippen LogP contribution is -2.49. The van der Waals surface area contributed by atoms with Gasteiger partial charge < -0.3 is 10.2 Å². The van der Waals surface area contributed by atoms with Gasteiger partial charge in [-0.05, 0) is 50.1 Å². The average molecular weight is 453 g/mol. The maximum atomic E-state index is 13.0. The van der Waals surface area contributed by atoms with Crippen LogP contribution in [0.15, 0.2) is 48.5 Å². The van der Waals surface area contributed by atoms with Crippen molar-refractivity contribution >= 4 is 46.8 Å². The Hall–Kier alpha value is -1.69. The predicted octanol–water partition coefficient (Wildman–Crippen LogP) is 5.17. The van der Waals surface area contributed by atoms with E-state index in [0.717, 1.165) is 11.1 Å². The summed E-state index contributed by atoms with van der Waals surface area (Å²) in [5.74, 6) is 0.681. The average Bonchev–Trinajstić information content (AvgIpc) is 2.67. The molecule has 0 radical (unpaired) electrons. The molecule has 0 bridgehead atoms. The standard InChI is InChI=1S/C22H26Cl2N2O2S/c1-15(2)25-22(28)16(3)26(12-18-6-4-5-7-20(18)24)21(27)14-29-13-17-8-10-19(23)11-9-17/h4-11,15-16H,12-14H2,1-3H3,(H,25,28). The van der Waals surface area contributed by atoms with E-state index in [4.69, 9.17) is 23.2 Å². The number of rotatable bonds is 9. The molecule has 4 nitrogen and oxygen atoms in total. The second-order valence-corrected chi connectivity index (χ2v) is 8.90. The van der Waals surface area contributed by atoms with Crippen molar-refractivity contribution in [2.24, 2.45) is 0 Å². The van der Waals surface area contributed by atoms with Crippen LogP contribution in [-0.2, 0) is 21.9 Å². The van der Waals surface area contributed by atoms with Crippen LogP contribution in [0, 0.1) is 0 Å². The van der Waals surface area contributed by atoms with Crippen LogP contribution in [0.3, 0.4) is 0 Å². The summed E-state index contributed by atoms with van der Waals surface area (Å²) in [4.78, 5) is 27.1. The molecule has 1 unspecified atom stereocenters. The van der Waals surface area contributed by atoms with Crippen molar-refractivity contribution in [3.63, 3.8) is 0 Å². The fourth-order valence-corrected chi connectivity index (χ4v) is 3.91. The third-order valence-corrected chi connectivity index (χ3v) is 5.91. The Morgan fingerprint density at radius 3 is 2.31 bits per heavy atom. The first-order chi connectivity index (χ1) is 13.8. The lowest BCUT2D eigenvalue weighted by molar-refractivity contribution is -0.138. The van der Waals surface area contributed by atoms with Crippen LogP contribution in [0.25, 0.3) is 0 Å². The molecule has 156 valence electrons. The highest BCUT2D eigenvalue weighted by Gasteiger charge is 2.26. The maximum absolute atomic E-state index is 13.0. The van der Waals surface area contributed by atoms with Crippen molar-refractivity contribution < 1.29 is 9.59 Å². The second kappa shape index (κ2) is 11.5. The molecule has 0 fully saturated rings. The molecular formula is C22H26Cl2N2O2S. The van der Waals surface area contributed by atoms with Gasteiger partial charge in [0.05, 0.1) is 5.75 Å². The molecule has 7 heteroatoms. The summed E-state index contributed by atoms with van der Waals surface area (Å²) in [5.41, 5.74) is 1.91. The van der Waals surface area contributed by atoms with Gasteiger partial charge >= 0.3 is 0 Å². The topological polar surface area (TPSA) is 49.4 Å². The molecule has 2 aromatic rings. The predicted molar refractivity (Wildman–Crippen MR) is 122 cm³/mol. The molecule has 2 aromatic carbocycles. The number of hydrogen-bond donors (Lipinski definition) is 1. The number of benzene rings is 2. The SMILES string of the molecule is CC(C)NC(=O)C(C)N(Cc1ccccc1Cl)C(=O)CSCc1ccc(Cl)cc1. The largest absolute Gasteiger partial charge is 0.352 e. The minimum atomic E-state index is -0.600. The molecule has 0 aromatic heterocycles. The van der Waals surface area contributed by atoms with Crippen molar-refractivity contribution in [3.8, 4) is 0 Å². The van der Waals surface area contributed by atoms with Crippen LogP contribution in [0.1, 0.15) is 31.9 Å². The van der Waals surface area contributed by atoms with Gasteiger partial charge in [-0.3, -0.25) is 9.59 Å². The van der Waals surface area contributed by atoms with Gasteiger partial charge in [-0.1, -0.05) is 53.5 Å². The summed E-state index contributed by atoms with van der Waals surface area (Å²) < 4.78 is 0. The number of hydrogen-bond acceptors (Lipinski definition) is 3. The van der Waals surface area contributed by atoms with Gasteiger partial charge in [0.25, 0.3) is 0 Å². The van der Waals surface area contributed by atoms with E-state index in [9.17, 15) is 9.59 Å². The Balaban J connectivity index is 2.07. The van der Waals surface area contributed by atoms with E-state index in [2.05, 4.69) is 5.32 Å². The minimum absolute atomic E-state index is 0.00138. The van der Waals surface area contributed by atoms with Gasteiger partial charge in [0.15, 0.2) is 0 Å². The summed E-state index contributed by atoms with van der Waals surface area (Å²) in [7, 11) is 0. The highest BCUT2D eigenvalue weighted by Crippen LogP contribution is 2.21. The van der Waals surface area contributed by atoms with Crippen LogP contribution >= 0.6 is 35.0 Å². The molecular weight excluding hydrogens is 427 g/mol. The van der Waals surface area contributed by atoms with Gasteiger partial charge in [0, 0.05) is 28.4 Å². The fraction of sp³-hybridized carbons (Fsp3) is 0.364. The van der Waals surface area contributed by atoms with Gasteiger partial charge in [-0.15, -0.1) is 11.8 Å². The van der Waals surface area contributed by atoms with E-state index in [-0.39, 0.29) is 30.2 Å². The Bertz CT molecular complexity index is 828. The molecule has 0 aliphatic rings. The number of thioether (sulfide) groups is 1. The van der Waals surface area contributed by atoms with E-state index in [1.807, 2.05) is 56.3 Å². The van der Waals surface area contributed by atoms with Crippen molar-refractivity contribution in [2.75, 3.05) is 5.75 Å². The number of nitrogens with one attached hydrogen (secondary N) is 1. The zero-order valence-electron chi connectivity index (χ0n) is 16.8. The zero-order valence-corrected chi connectivity index (χ0v) is 19.2. The molecule has 0 heterocycles. The highest BCUT2D eigenvalue weighted by atomic mass is 35.5. The monoisotopic (exact) mass is 452 g/mol. The number of nitrogens with zero attached hydrogens (tertiary/aromatic N) is 1. The number of halogens is 2. The summed E-state index contributed by atoms with van der Waals surface area (Å²) >= 11 is 13.7. The summed E-state index contributed by atoms with van der Waals surface area (Å²) in [6, 6.07) is 14.3. The third-order valence-electron chi connectivity index (χ3n) is 4.30. The van der Waals surface area contributed by atoms with Crippen molar-refractivity contribution in [1.29, 1.82) is 0 Å². The molecule has 2 rings (SSSR count). The Kier molecular flexibility index (Phi) is 9.34. The maximum Gasteiger partial charge on any atom is 0.242 e. The third kappa shape index (κ3) is 7.57. The van der Waals surface area contributed by atoms with Crippen LogP contribution < -0.4 is 5.32 Å². The fourth-order valence-electron chi connectivity index (χ4n) is 2.72. The molecule has 2 amide bonds. The van der Waals surface area contributed by atoms with Crippen LogP contribution in [-0.4, -0.2) is 34.6 Å².